The van der Waals surface area contributed by atoms with Crippen molar-refractivity contribution in [2.75, 3.05) is 24.9 Å². The number of hydrogen-bond acceptors (Lipinski definition) is 5. The van der Waals surface area contributed by atoms with Crippen LogP contribution in [0, 0.1) is 13.8 Å². The number of rotatable bonds is 8. The summed E-state index contributed by atoms with van der Waals surface area (Å²) >= 11 is 11.6. The number of ether oxygens (including phenoxy) is 2. The first-order valence-corrected chi connectivity index (χ1v) is 11.7. The van der Waals surface area contributed by atoms with Crippen molar-refractivity contribution in [3.8, 4) is 11.5 Å². The molecule has 4 rings (SSSR count). The van der Waals surface area contributed by atoms with E-state index in [-0.39, 0.29) is 0 Å². The zero-order valence-corrected chi connectivity index (χ0v) is 21.6. The van der Waals surface area contributed by atoms with E-state index in [0.717, 1.165) is 33.9 Å². The van der Waals surface area contributed by atoms with Gasteiger partial charge in [-0.1, -0.05) is 29.8 Å². The van der Waals surface area contributed by atoms with Gasteiger partial charge in [0.15, 0.2) is 16.6 Å². The number of benzene rings is 2. The molecule has 0 saturated carbocycles. The quantitative estimate of drug-likeness (QED) is 0.312. The van der Waals surface area contributed by atoms with Gasteiger partial charge in [0.05, 0.1) is 56.3 Å². The fourth-order valence-electron chi connectivity index (χ4n) is 3.80. The summed E-state index contributed by atoms with van der Waals surface area (Å²) in [5.74, 6) is 1.38. The summed E-state index contributed by atoms with van der Waals surface area (Å²) < 4.78 is 14.5. The third-order valence-corrected chi connectivity index (χ3v) is 5.96. The monoisotopic (exact) mass is 510 g/mol. The Labute approximate surface area is 214 Å². The Morgan fingerprint density at radius 1 is 1.00 bits per heavy atom. The van der Waals surface area contributed by atoms with Crippen LogP contribution in [0.15, 0.2) is 54.9 Å². The van der Waals surface area contributed by atoms with Crippen LogP contribution < -0.4 is 20.1 Å². The summed E-state index contributed by atoms with van der Waals surface area (Å²) in [4.78, 5) is 0. The predicted octanol–water partition coefficient (Wildman–Crippen LogP) is 5.27. The van der Waals surface area contributed by atoms with Crippen LogP contribution in [0.4, 0.5) is 11.4 Å². The number of anilines is 2. The second-order valence-electron chi connectivity index (χ2n) is 8.03. The molecule has 0 atom stereocenters. The summed E-state index contributed by atoms with van der Waals surface area (Å²) in [6.45, 7) is 5.16. The van der Waals surface area contributed by atoms with Crippen molar-refractivity contribution in [2.24, 2.45) is 0 Å². The molecule has 2 aromatic heterocycles. The molecule has 8 nitrogen and oxygen atoms in total. The van der Waals surface area contributed by atoms with E-state index in [0.29, 0.717) is 34.7 Å². The van der Waals surface area contributed by atoms with Crippen LogP contribution >= 0.6 is 23.8 Å². The number of nitrogens with zero attached hydrogens (tertiary/aromatic N) is 4. The topological polar surface area (TPSA) is 78.2 Å². The largest absolute Gasteiger partial charge is 0.493 e. The van der Waals surface area contributed by atoms with Crippen molar-refractivity contribution in [2.45, 2.75) is 26.9 Å². The van der Waals surface area contributed by atoms with E-state index in [4.69, 9.17) is 33.3 Å². The van der Waals surface area contributed by atoms with Gasteiger partial charge >= 0.3 is 0 Å². The second kappa shape index (κ2) is 10.8. The summed E-state index contributed by atoms with van der Waals surface area (Å²) in [5, 5.41) is 16.7. The van der Waals surface area contributed by atoms with Crippen LogP contribution in [-0.2, 0) is 13.1 Å². The summed E-state index contributed by atoms with van der Waals surface area (Å²) in [5.41, 5.74) is 5.60. The van der Waals surface area contributed by atoms with E-state index >= 15 is 0 Å². The van der Waals surface area contributed by atoms with E-state index in [1.807, 2.05) is 71.9 Å². The van der Waals surface area contributed by atoms with Gasteiger partial charge in [-0.05, 0) is 61.5 Å². The van der Waals surface area contributed by atoms with Gasteiger partial charge in [0.1, 0.15) is 0 Å². The number of aromatic nitrogens is 4. The molecular formula is C25H27ClN6O2S. The standard InChI is InChI=1S/C25H27ClN6O2S/c1-16-24(17(2)32(30-16)14-19-8-9-22(33-3)23(11-19)34-4)29-25(35)28-21-12-27-31(15-21)13-18-6-5-7-20(26)10-18/h5-12,15H,13-14H2,1-4H3,(H2,28,29,35). The highest BCUT2D eigenvalue weighted by Gasteiger charge is 2.14. The van der Waals surface area contributed by atoms with Gasteiger partial charge in [0.25, 0.3) is 0 Å². The maximum atomic E-state index is 6.08. The van der Waals surface area contributed by atoms with Crippen molar-refractivity contribution < 1.29 is 9.47 Å². The zero-order chi connectivity index (χ0) is 24.9. The minimum Gasteiger partial charge on any atom is -0.493 e. The van der Waals surface area contributed by atoms with E-state index in [9.17, 15) is 0 Å². The molecule has 0 unspecified atom stereocenters. The SMILES string of the molecule is COc1ccc(Cn2nc(C)c(NC(=S)Nc3cnn(Cc4cccc(Cl)c4)c3)c2C)cc1OC. The molecule has 2 N–H and O–H groups in total. The summed E-state index contributed by atoms with van der Waals surface area (Å²) in [6, 6.07) is 13.6. The lowest BCUT2D eigenvalue weighted by Crippen LogP contribution is -2.19. The summed E-state index contributed by atoms with van der Waals surface area (Å²) in [6.07, 6.45) is 3.63. The molecule has 0 saturated heterocycles. The lowest BCUT2D eigenvalue weighted by Gasteiger charge is -2.11. The first-order valence-electron chi connectivity index (χ1n) is 11.0. The Balaban J connectivity index is 1.41. The number of hydrogen-bond donors (Lipinski definition) is 2. The fourth-order valence-corrected chi connectivity index (χ4v) is 4.23. The van der Waals surface area contributed by atoms with E-state index < -0.39 is 0 Å². The molecule has 2 aromatic carbocycles. The van der Waals surface area contributed by atoms with Crippen molar-refractivity contribution >= 4 is 40.3 Å². The molecule has 35 heavy (non-hydrogen) atoms. The van der Waals surface area contributed by atoms with Crippen molar-refractivity contribution in [1.82, 2.24) is 19.6 Å². The number of nitrogens with one attached hydrogen (secondary N) is 2. The van der Waals surface area contributed by atoms with Gasteiger partial charge in [-0.3, -0.25) is 9.36 Å². The number of halogens is 1. The number of aryl methyl sites for hydroxylation is 1. The molecule has 0 amide bonds. The van der Waals surface area contributed by atoms with Crippen molar-refractivity contribution in [3.05, 3.63) is 82.4 Å². The highest BCUT2D eigenvalue weighted by Crippen LogP contribution is 2.28. The van der Waals surface area contributed by atoms with Gasteiger partial charge in [-0.15, -0.1) is 0 Å². The molecule has 0 bridgehead atoms. The molecule has 0 radical (unpaired) electrons. The van der Waals surface area contributed by atoms with Crippen LogP contribution in [0.1, 0.15) is 22.5 Å². The Morgan fingerprint density at radius 2 is 1.77 bits per heavy atom. The molecular weight excluding hydrogens is 484 g/mol. The molecule has 182 valence electrons. The van der Waals surface area contributed by atoms with Gasteiger partial charge in [-0.25, -0.2) is 0 Å². The lowest BCUT2D eigenvalue weighted by molar-refractivity contribution is 0.354. The molecule has 0 aliphatic heterocycles. The molecule has 0 aliphatic carbocycles. The van der Waals surface area contributed by atoms with E-state index in [1.165, 1.54) is 0 Å². The minimum absolute atomic E-state index is 0.462. The van der Waals surface area contributed by atoms with Gasteiger partial charge in [0.2, 0.25) is 0 Å². The number of methoxy groups -OCH3 is 2. The average Bonchev–Trinajstić information content (AvgIpc) is 3.37. The maximum Gasteiger partial charge on any atom is 0.175 e. The van der Waals surface area contributed by atoms with Gasteiger partial charge in [-0.2, -0.15) is 10.2 Å². The highest BCUT2D eigenvalue weighted by atomic mass is 35.5. The number of thiocarbonyl (C=S) groups is 1. The molecule has 0 aliphatic rings. The van der Waals surface area contributed by atoms with Crippen molar-refractivity contribution in [1.29, 1.82) is 0 Å². The molecule has 2 heterocycles. The fraction of sp³-hybridized carbons (Fsp3) is 0.240. The van der Waals surface area contributed by atoms with Crippen LogP contribution in [0.5, 0.6) is 11.5 Å². The highest BCUT2D eigenvalue weighted by molar-refractivity contribution is 7.80. The average molecular weight is 511 g/mol. The Hall–Kier alpha value is -3.56. The Kier molecular flexibility index (Phi) is 7.57. The minimum atomic E-state index is 0.462. The van der Waals surface area contributed by atoms with Gasteiger partial charge < -0.3 is 20.1 Å². The Bertz CT molecular complexity index is 1350. The van der Waals surface area contributed by atoms with E-state index in [2.05, 4.69) is 20.8 Å². The smallest absolute Gasteiger partial charge is 0.175 e. The maximum absolute atomic E-state index is 6.08. The van der Waals surface area contributed by atoms with E-state index in [1.54, 1.807) is 20.4 Å². The van der Waals surface area contributed by atoms with Crippen LogP contribution in [0.3, 0.4) is 0 Å². The van der Waals surface area contributed by atoms with Gasteiger partial charge in [0, 0.05) is 11.2 Å². The molecule has 0 spiro atoms. The second-order valence-corrected chi connectivity index (χ2v) is 8.87. The van der Waals surface area contributed by atoms with Crippen LogP contribution in [0.2, 0.25) is 5.02 Å². The lowest BCUT2D eigenvalue weighted by atomic mass is 10.2. The van der Waals surface area contributed by atoms with Crippen LogP contribution in [0.25, 0.3) is 0 Å². The molecule has 0 fully saturated rings. The summed E-state index contributed by atoms with van der Waals surface area (Å²) in [7, 11) is 3.25. The molecule has 4 aromatic rings. The Morgan fingerprint density at radius 3 is 2.51 bits per heavy atom. The normalized spacial score (nSPS) is 10.8. The first kappa shape index (κ1) is 24.6. The third kappa shape index (κ3) is 5.93. The third-order valence-electron chi connectivity index (χ3n) is 5.53. The predicted molar refractivity (Wildman–Crippen MR) is 143 cm³/mol. The molecule has 10 heteroatoms. The van der Waals surface area contributed by atoms with Crippen molar-refractivity contribution in [3.63, 3.8) is 0 Å². The zero-order valence-electron chi connectivity index (χ0n) is 20.0. The first-order chi connectivity index (χ1) is 16.9. The van der Waals surface area contributed by atoms with Crippen LogP contribution in [-0.4, -0.2) is 38.9 Å².